The number of aromatic nitrogens is 1. The number of para-hydroxylation sites is 1. The lowest BCUT2D eigenvalue weighted by atomic mass is 10.1. The number of nitrogens with two attached hydrogens (primary N) is 1. The zero-order chi connectivity index (χ0) is 24.7. The Morgan fingerprint density at radius 1 is 1.23 bits per heavy atom. The van der Waals surface area contributed by atoms with E-state index < -0.39 is 25.6 Å². The van der Waals surface area contributed by atoms with E-state index >= 15 is 0 Å². The quantitative estimate of drug-likeness (QED) is 0.295. The highest BCUT2D eigenvalue weighted by molar-refractivity contribution is 7.65. The standard InChI is InChI=1S/C23H19N4O7P/c24-19(28)12-34-14-5-6-16-18(9-14)35(31,32)26-22(25-16)20-21(29)15-3-1-2-4-17(15)27(23(20)30)10-13-7-8-33-11-13/h1-9,11,29H,10,12H2,(H2,24,28)(H2,25,26,31,32). The third-order valence-electron chi connectivity index (χ3n) is 5.46. The van der Waals surface area contributed by atoms with Crippen LogP contribution in [0.1, 0.15) is 11.1 Å². The van der Waals surface area contributed by atoms with Gasteiger partial charge in [-0.05, 0) is 36.4 Å². The highest BCUT2D eigenvalue weighted by Gasteiger charge is 2.33. The highest BCUT2D eigenvalue weighted by Crippen LogP contribution is 2.47. The molecule has 0 saturated heterocycles. The number of nitrogens with zero attached hydrogens (tertiary/aromatic N) is 2. The van der Waals surface area contributed by atoms with Gasteiger partial charge in [0.05, 0.1) is 35.6 Å². The third kappa shape index (κ3) is 4.07. The zero-order valence-electron chi connectivity index (χ0n) is 18.0. The minimum absolute atomic E-state index is 0.0813. The van der Waals surface area contributed by atoms with Crippen LogP contribution in [0.15, 0.2) is 75.0 Å². The lowest BCUT2D eigenvalue weighted by Crippen LogP contribution is -2.33. The van der Waals surface area contributed by atoms with Gasteiger partial charge in [0.25, 0.3) is 11.5 Å². The molecule has 11 nitrogen and oxygen atoms in total. The van der Waals surface area contributed by atoms with Crippen molar-refractivity contribution in [3.05, 3.63) is 82.5 Å². The lowest BCUT2D eigenvalue weighted by molar-refractivity contribution is -0.119. The smallest absolute Gasteiger partial charge is 0.346 e. The van der Waals surface area contributed by atoms with Gasteiger partial charge in [0, 0.05) is 10.9 Å². The molecule has 0 aliphatic carbocycles. The second-order valence-corrected chi connectivity index (χ2v) is 9.59. The first-order chi connectivity index (χ1) is 16.7. The van der Waals surface area contributed by atoms with Gasteiger partial charge in [-0.15, -0.1) is 0 Å². The van der Waals surface area contributed by atoms with E-state index in [2.05, 4.69) is 10.1 Å². The number of hydrogen-bond acceptors (Lipinski definition) is 7. The number of pyridine rings is 1. The van der Waals surface area contributed by atoms with E-state index in [1.54, 1.807) is 30.3 Å². The van der Waals surface area contributed by atoms with Gasteiger partial charge >= 0.3 is 7.52 Å². The number of anilines is 1. The summed E-state index contributed by atoms with van der Waals surface area (Å²) in [6, 6.07) is 12.7. The zero-order valence-corrected chi connectivity index (χ0v) is 18.9. The molecular weight excluding hydrogens is 475 g/mol. The van der Waals surface area contributed by atoms with Crippen LogP contribution in [0.4, 0.5) is 5.69 Å². The summed E-state index contributed by atoms with van der Waals surface area (Å²) in [6.07, 6.45) is 2.98. The Kier molecular flexibility index (Phi) is 5.43. The molecule has 0 fully saturated rings. The maximum absolute atomic E-state index is 13.6. The van der Waals surface area contributed by atoms with E-state index in [0.29, 0.717) is 16.5 Å². The molecule has 4 aromatic rings. The lowest BCUT2D eigenvalue weighted by Gasteiger charge is -2.23. The number of aromatic hydroxyl groups is 1. The average molecular weight is 494 g/mol. The van der Waals surface area contributed by atoms with Gasteiger partial charge in [0.2, 0.25) is 0 Å². The summed E-state index contributed by atoms with van der Waals surface area (Å²) >= 11 is 0. The van der Waals surface area contributed by atoms with E-state index in [0.717, 1.165) is 0 Å². The van der Waals surface area contributed by atoms with Crippen LogP contribution in [0.25, 0.3) is 10.9 Å². The first-order valence-corrected chi connectivity index (χ1v) is 12.0. The molecule has 1 amide bonds. The molecule has 12 heteroatoms. The second kappa shape index (κ2) is 8.46. The predicted molar refractivity (Wildman–Crippen MR) is 128 cm³/mol. The van der Waals surface area contributed by atoms with Crippen molar-refractivity contribution < 1.29 is 28.5 Å². The maximum Gasteiger partial charge on any atom is 0.346 e. The van der Waals surface area contributed by atoms with Gasteiger partial charge in [-0.25, -0.2) is 0 Å². The monoisotopic (exact) mass is 494 g/mol. The fraction of sp³-hybridized carbons (Fsp3) is 0.0870. The number of carbonyl (C=O) groups is 1. The fourth-order valence-corrected chi connectivity index (χ4v) is 5.15. The van der Waals surface area contributed by atoms with Crippen LogP contribution < -0.4 is 26.7 Å². The van der Waals surface area contributed by atoms with Crippen LogP contribution in [-0.2, 0) is 15.9 Å². The highest BCUT2D eigenvalue weighted by atomic mass is 31.2. The van der Waals surface area contributed by atoms with Crippen LogP contribution >= 0.6 is 7.52 Å². The van der Waals surface area contributed by atoms with Gasteiger partial charge in [-0.1, -0.05) is 12.1 Å². The van der Waals surface area contributed by atoms with E-state index in [4.69, 9.17) is 14.9 Å². The molecule has 2 aromatic carbocycles. The first kappa shape index (κ1) is 22.5. The number of carbonyl (C=O) groups excluding carboxylic acids is 1. The van der Waals surface area contributed by atoms with E-state index in [-0.39, 0.29) is 40.4 Å². The number of benzene rings is 2. The Hall–Kier alpha value is -4.34. The number of amides is 1. The summed E-state index contributed by atoms with van der Waals surface area (Å²) in [6.45, 7) is -0.262. The topological polar surface area (TPSA) is 169 Å². The van der Waals surface area contributed by atoms with Gasteiger partial charge in [-0.2, -0.15) is 4.76 Å². The average Bonchev–Trinajstić information content (AvgIpc) is 3.34. The molecule has 178 valence electrons. The largest absolute Gasteiger partial charge is 0.506 e. The minimum atomic E-state index is -4.39. The molecule has 5 rings (SSSR count). The Balaban J connectivity index is 1.64. The number of furan rings is 1. The first-order valence-electron chi connectivity index (χ1n) is 10.4. The van der Waals surface area contributed by atoms with E-state index in [9.17, 15) is 24.2 Å². The summed E-state index contributed by atoms with van der Waals surface area (Å²) < 4.78 is 28.8. The van der Waals surface area contributed by atoms with Crippen molar-refractivity contribution in [1.29, 1.82) is 0 Å². The Bertz CT molecular complexity index is 1610. The van der Waals surface area contributed by atoms with Crippen LogP contribution in [0.2, 0.25) is 0 Å². The van der Waals surface area contributed by atoms with Crippen LogP contribution in [0.3, 0.4) is 0 Å². The molecule has 0 saturated carbocycles. The van der Waals surface area contributed by atoms with Crippen molar-refractivity contribution in [2.24, 2.45) is 10.5 Å². The number of amidine groups is 1. The SMILES string of the molecule is NC(=O)COc1ccc2c(c1)P(=O)(O)N=C(c1c(O)c3ccccc3n(Cc3ccoc3)c1=O)N2. The fourth-order valence-electron chi connectivity index (χ4n) is 3.88. The molecule has 1 unspecified atom stereocenters. The number of hydrogen-bond donors (Lipinski definition) is 4. The Morgan fingerprint density at radius 2 is 2.03 bits per heavy atom. The van der Waals surface area contributed by atoms with Gasteiger partial charge in [0.1, 0.15) is 17.1 Å². The molecule has 1 aliphatic rings. The van der Waals surface area contributed by atoms with Crippen molar-refractivity contribution in [3.8, 4) is 11.5 Å². The molecule has 35 heavy (non-hydrogen) atoms. The van der Waals surface area contributed by atoms with Gasteiger partial charge in [-0.3, -0.25) is 14.2 Å². The van der Waals surface area contributed by atoms with Gasteiger partial charge < -0.3 is 34.8 Å². The molecule has 5 N–H and O–H groups in total. The van der Waals surface area contributed by atoms with Crippen molar-refractivity contribution in [2.75, 3.05) is 11.9 Å². The van der Waals surface area contributed by atoms with Crippen molar-refractivity contribution >= 4 is 41.2 Å². The van der Waals surface area contributed by atoms with Crippen LogP contribution in [0.5, 0.6) is 11.5 Å². The molecule has 0 radical (unpaired) electrons. The molecule has 0 spiro atoms. The number of primary amides is 1. The summed E-state index contributed by atoms with van der Waals surface area (Å²) in [5.74, 6) is -1.17. The molecule has 0 bridgehead atoms. The number of nitrogens with one attached hydrogen (secondary N) is 1. The maximum atomic E-state index is 13.6. The van der Waals surface area contributed by atoms with E-state index in [1.165, 1.54) is 35.3 Å². The normalized spacial score (nSPS) is 16.9. The number of ether oxygens (including phenoxy) is 1. The summed E-state index contributed by atoms with van der Waals surface area (Å²) in [5, 5.41) is 14.2. The molecular formula is C23H19N4O7P. The second-order valence-electron chi connectivity index (χ2n) is 7.82. The Morgan fingerprint density at radius 3 is 2.77 bits per heavy atom. The number of fused-ring (bicyclic) bond motifs is 2. The molecule has 1 atom stereocenters. The van der Waals surface area contributed by atoms with Crippen molar-refractivity contribution in [2.45, 2.75) is 6.54 Å². The molecule has 3 heterocycles. The third-order valence-corrected chi connectivity index (χ3v) is 6.92. The molecule has 2 aromatic heterocycles. The van der Waals surface area contributed by atoms with Crippen molar-refractivity contribution in [3.63, 3.8) is 0 Å². The number of rotatable bonds is 6. The molecule has 1 aliphatic heterocycles. The van der Waals surface area contributed by atoms with Crippen molar-refractivity contribution in [1.82, 2.24) is 4.57 Å². The van der Waals surface area contributed by atoms with Crippen LogP contribution in [0, 0.1) is 0 Å². The minimum Gasteiger partial charge on any atom is -0.506 e. The predicted octanol–water partition coefficient (Wildman–Crippen LogP) is 1.90. The van der Waals surface area contributed by atoms with Gasteiger partial charge in [0.15, 0.2) is 12.4 Å². The summed E-state index contributed by atoms with van der Waals surface area (Å²) in [5.41, 5.74) is 5.60. The summed E-state index contributed by atoms with van der Waals surface area (Å²) in [4.78, 5) is 35.3. The van der Waals surface area contributed by atoms with Crippen LogP contribution in [-0.4, -0.2) is 32.9 Å². The summed E-state index contributed by atoms with van der Waals surface area (Å²) in [7, 11) is -4.39. The Labute approximate surface area is 197 Å². The van der Waals surface area contributed by atoms with E-state index in [1.807, 2.05) is 0 Å².